The van der Waals surface area contributed by atoms with Gasteiger partial charge in [-0.2, -0.15) is 0 Å². The van der Waals surface area contributed by atoms with Gasteiger partial charge in [0.2, 0.25) is 5.91 Å². The van der Waals surface area contributed by atoms with Crippen LogP contribution in [-0.2, 0) is 14.3 Å². The van der Waals surface area contributed by atoms with Gasteiger partial charge in [0.15, 0.2) is 0 Å². The Kier molecular flexibility index (Phi) is 4.52. The Morgan fingerprint density at radius 1 is 1.56 bits per heavy atom. The van der Waals surface area contributed by atoms with Gasteiger partial charge in [-0.15, -0.1) is 0 Å². The molecule has 1 heterocycles. The van der Waals surface area contributed by atoms with E-state index in [2.05, 4.69) is 6.58 Å². The zero-order chi connectivity index (χ0) is 12.1. The van der Waals surface area contributed by atoms with E-state index in [-0.39, 0.29) is 24.4 Å². The maximum absolute atomic E-state index is 11.8. The lowest BCUT2D eigenvalue weighted by Crippen LogP contribution is -2.43. The summed E-state index contributed by atoms with van der Waals surface area (Å²) in [5, 5.41) is 0. The summed E-state index contributed by atoms with van der Waals surface area (Å²) in [7, 11) is 0. The third-order valence-corrected chi connectivity index (χ3v) is 2.65. The van der Waals surface area contributed by atoms with Gasteiger partial charge in [-0.25, -0.2) is 4.79 Å². The van der Waals surface area contributed by atoms with Crippen LogP contribution in [0.4, 0.5) is 0 Å². The molecule has 0 saturated carbocycles. The van der Waals surface area contributed by atoms with E-state index >= 15 is 0 Å². The average Bonchev–Trinajstić information content (AvgIpc) is 2.73. The summed E-state index contributed by atoms with van der Waals surface area (Å²) in [5.41, 5.74) is 0. The van der Waals surface area contributed by atoms with E-state index in [4.69, 9.17) is 4.74 Å². The van der Waals surface area contributed by atoms with Crippen LogP contribution in [0.2, 0.25) is 0 Å². The summed E-state index contributed by atoms with van der Waals surface area (Å²) < 4.78 is 4.98. The lowest BCUT2D eigenvalue weighted by Gasteiger charge is -2.24. The Bertz CT molecular complexity index is 286. The van der Waals surface area contributed by atoms with Crippen LogP contribution in [0.5, 0.6) is 0 Å². The van der Waals surface area contributed by atoms with Crippen molar-refractivity contribution >= 4 is 11.9 Å². The van der Waals surface area contributed by atoms with Gasteiger partial charge >= 0.3 is 5.97 Å². The summed E-state index contributed by atoms with van der Waals surface area (Å²) in [6.45, 7) is 8.03. The zero-order valence-corrected chi connectivity index (χ0v) is 9.94. The maximum atomic E-state index is 11.8. The second-order valence-corrected chi connectivity index (χ2v) is 4.26. The van der Waals surface area contributed by atoms with Crippen molar-refractivity contribution in [1.29, 1.82) is 0 Å². The predicted octanol–water partition coefficient (Wildman–Crippen LogP) is 1.36. The van der Waals surface area contributed by atoms with E-state index in [1.165, 1.54) is 6.08 Å². The summed E-state index contributed by atoms with van der Waals surface area (Å²) >= 11 is 0. The number of hydrogen-bond donors (Lipinski definition) is 0. The Labute approximate surface area is 96.3 Å². The van der Waals surface area contributed by atoms with Gasteiger partial charge in [-0.05, 0) is 12.8 Å². The molecule has 1 aliphatic rings. The molecule has 0 aromatic carbocycles. The molecule has 4 nitrogen and oxygen atoms in total. The minimum Gasteiger partial charge on any atom is -0.460 e. The molecular formula is C12H19NO3. The minimum atomic E-state index is -0.394. The number of carbonyl (C=O) groups is 2. The van der Waals surface area contributed by atoms with Crippen molar-refractivity contribution in [1.82, 2.24) is 4.90 Å². The Morgan fingerprint density at radius 2 is 2.25 bits per heavy atom. The standard InChI is InChI=1S/C12H19NO3/c1-4-8-16-12(15)10-6-5-7-13(10)11(14)9(2)3/h4,9-10H,1,5-8H2,2-3H3/t10-/m0/s1. The van der Waals surface area contributed by atoms with Crippen LogP contribution in [0, 0.1) is 5.92 Å². The Balaban J connectivity index is 2.61. The fraction of sp³-hybridized carbons (Fsp3) is 0.667. The third kappa shape index (κ3) is 2.84. The van der Waals surface area contributed by atoms with E-state index in [1.807, 2.05) is 13.8 Å². The van der Waals surface area contributed by atoms with Gasteiger partial charge in [-0.1, -0.05) is 26.5 Å². The van der Waals surface area contributed by atoms with Gasteiger partial charge in [0.25, 0.3) is 0 Å². The molecule has 0 unspecified atom stereocenters. The monoisotopic (exact) mass is 225 g/mol. The fourth-order valence-corrected chi connectivity index (χ4v) is 1.84. The molecule has 1 rings (SSSR count). The largest absolute Gasteiger partial charge is 0.460 e. The van der Waals surface area contributed by atoms with Crippen molar-refractivity contribution in [3.63, 3.8) is 0 Å². The van der Waals surface area contributed by atoms with Crippen LogP contribution >= 0.6 is 0 Å². The van der Waals surface area contributed by atoms with Gasteiger partial charge < -0.3 is 9.64 Å². The summed E-state index contributed by atoms with van der Waals surface area (Å²) in [6.07, 6.45) is 3.10. The van der Waals surface area contributed by atoms with Crippen LogP contribution in [0.25, 0.3) is 0 Å². The zero-order valence-electron chi connectivity index (χ0n) is 9.94. The van der Waals surface area contributed by atoms with Crippen LogP contribution in [0.3, 0.4) is 0 Å². The molecule has 1 saturated heterocycles. The second-order valence-electron chi connectivity index (χ2n) is 4.26. The molecule has 0 aromatic heterocycles. The molecule has 0 aromatic rings. The molecule has 1 fully saturated rings. The molecule has 0 radical (unpaired) electrons. The molecule has 1 atom stereocenters. The maximum Gasteiger partial charge on any atom is 0.329 e. The van der Waals surface area contributed by atoms with Gasteiger partial charge in [0.05, 0.1) is 0 Å². The second kappa shape index (κ2) is 5.68. The molecule has 0 spiro atoms. The highest BCUT2D eigenvalue weighted by atomic mass is 16.5. The van der Waals surface area contributed by atoms with Gasteiger partial charge in [-0.3, -0.25) is 4.79 Å². The van der Waals surface area contributed by atoms with Crippen molar-refractivity contribution in [3.05, 3.63) is 12.7 Å². The molecule has 0 N–H and O–H groups in total. The molecule has 0 bridgehead atoms. The molecule has 90 valence electrons. The van der Waals surface area contributed by atoms with Crippen molar-refractivity contribution in [3.8, 4) is 0 Å². The van der Waals surface area contributed by atoms with Crippen LogP contribution < -0.4 is 0 Å². The highest BCUT2D eigenvalue weighted by Crippen LogP contribution is 2.20. The Hall–Kier alpha value is -1.32. The third-order valence-electron chi connectivity index (χ3n) is 2.65. The molecule has 0 aliphatic carbocycles. The SMILES string of the molecule is C=CCOC(=O)[C@@H]1CCCN1C(=O)C(C)C. The van der Waals surface area contributed by atoms with Crippen molar-refractivity contribution in [2.45, 2.75) is 32.7 Å². The average molecular weight is 225 g/mol. The highest BCUT2D eigenvalue weighted by Gasteiger charge is 2.35. The first-order chi connectivity index (χ1) is 7.57. The summed E-state index contributed by atoms with van der Waals surface area (Å²) in [5.74, 6) is -0.364. The number of hydrogen-bond acceptors (Lipinski definition) is 3. The number of likely N-dealkylation sites (tertiary alicyclic amines) is 1. The number of amides is 1. The van der Waals surface area contributed by atoms with E-state index < -0.39 is 6.04 Å². The lowest BCUT2D eigenvalue weighted by molar-refractivity contribution is -0.153. The number of ether oxygens (including phenoxy) is 1. The first kappa shape index (κ1) is 12.7. The van der Waals surface area contributed by atoms with Crippen molar-refractivity contribution in [2.75, 3.05) is 13.2 Å². The first-order valence-electron chi connectivity index (χ1n) is 5.66. The van der Waals surface area contributed by atoms with E-state index in [1.54, 1.807) is 4.90 Å². The normalized spacial score (nSPS) is 19.9. The summed E-state index contributed by atoms with van der Waals surface area (Å²) in [4.78, 5) is 25.1. The fourth-order valence-electron chi connectivity index (χ4n) is 1.84. The smallest absolute Gasteiger partial charge is 0.329 e. The van der Waals surface area contributed by atoms with E-state index in [9.17, 15) is 9.59 Å². The molecular weight excluding hydrogens is 206 g/mol. The minimum absolute atomic E-state index is 0.0260. The quantitative estimate of drug-likeness (QED) is 0.536. The number of esters is 1. The Morgan fingerprint density at radius 3 is 2.81 bits per heavy atom. The van der Waals surface area contributed by atoms with Crippen molar-refractivity contribution < 1.29 is 14.3 Å². The highest BCUT2D eigenvalue weighted by molar-refractivity contribution is 5.86. The first-order valence-corrected chi connectivity index (χ1v) is 5.66. The molecule has 1 amide bonds. The van der Waals surface area contributed by atoms with E-state index in [0.717, 1.165) is 6.42 Å². The number of nitrogens with zero attached hydrogens (tertiary/aromatic N) is 1. The molecule has 4 heteroatoms. The van der Waals surface area contributed by atoms with E-state index in [0.29, 0.717) is 13.0 Å². The lowest BCUT2D eigenvalue weighted by atomic mass is 10.1. The number of rotatable bonds is 4. The predicted molar refractivity (Wildman–Crippen MR) is 60.7 cm³/mol. The molecule has 1 aliphatic heterocycles. The van der Waals surface area contributed by atoms with Crippen LogP contribution in [0.15, 0.2) is 12.7 Å². The molecule has 16 heavy (non-hydrogen) atoms. The summed E-state index contributed by atoms with van der Waals surface area (Å²) in [6, 6.07) is -0.394. The van der Waals surface area contributed by atoms with Crippen molar-refractivity contribution in [2.24, 2.45) is 5.92 Å². The topological polar surface area (TPSA) is 46.6 Å². The van der Waals surface area contributed by atoms with Crippen LogP contribution in [-0.4, -0.2) is 36.0 Å². The van der Waals surface area contributed by atoms with Crippen LogP contribution in [0.1, 0.15) is 26.7 Å². The van der Waals surface area contributed by atoms with Gasteiger partial charge in [0.1, 0.15) is 12.6 Å². The van der Waals surface area contributed by atoms with Gasteiger partial charge in [0, 0.05) is 12.5 Å². The number of carbonyl (C=O) groups excluding carboxylic acids is 2.